The number of fused-ring (bicyclic) bond motifs is 1. The van der Waals surface area contributed by atoms with Gasteiger partial charge in [-0.05, 0) is 17.7 Å². The van der Waals surface area contributed by atoms with Gasteiger partial charge in [-0.25, -0.2) is 13.8 Å². The predicted molar refractivity (Wildman–Crippen MR) is 110 cm³/mol. The highest BCUT2D eigenvalue weighted by Crippen LogP contribution is 2.25. The van der Waals surface area contributed by atoms with Crippen LogP contribution < -0.4 is 11.1 Å². The number of rotatable bonds is 10. The molecule has 164 valence electrons. The lowest BCUT2D eigenvalue weighted by Crippen LogP contribution is -2.51. The zero-order valence-corrected chi connectivity index (χ0v) is 16.9. The van der Waals surface area contributed by atoms with Crippen LogP contribution in [-0.4, -0.2) is 48.4 Å². The van der Waals surface area contributed by atoms with Crippen LogP contribution in [0.3, 0.4) is 0 Å². The standard InChI is InChI=1S/C22H23F2N3O4/c1-30-13-17(19(28)21-27-16-9-5-6-10-18(16)31-21)26-20(29)15(25)12-22(23,24)11-14-7-3-2-4-8-14/h2-10,15,17H,11-13,25H2,1H3,(H,26,29). The van der Waals surface area contributed by atoms with Crippen molar-refractivity contribution in [1.29, 1.82) is 0 Å². The van der Waals surface area contributed by atoms with E-state index in [1.54, 1.807) is 54.6 Å². The minimum Gasteiger partial charge on any atom is -0.434 e. The Balaban J connectivity index is 1.65. The zero-order valence-electron chi connectivity index (χ0n) is 16.9. The number of nitrogens with one attached hydrogen (secondary N) is 1. The van der Waals surface area contributed by atoms with E-state index in [9.17, 15) is 18.4 Å². The lowest BCUT2D eigenvalue weighted by atomic mass is 10.0. The first-order valence-electron chi connectivity index (χ1n) is 9.65. The van der Waals surface area contributed by atoms with Gasteiger partial charge in [0.25, 0.3) is 11.8 Å². The first-order chi connectivity index (χ1) is 14.8. The summed E-state index contributed by atoms with van der Waals surface area (Å²) in [4.78, 5) is 29.3. The van der Waals surface area contributed by atoms with Crippen LogP contribution in [0.4, 0.5) is 8.78 Å². The number of carbonyl (C=O) groups is 2. The van der Waals surface area contributed by atoms with Crippen LogP contribution >= 0.6 is 0 Å². The van der Waals surface area contributed by atoms with Gasteiger partial charge in [0.1, 0.15) is 11.6 Å². The van der Waals surface area contributed by atoms with Gasteiger partial charge in [-0.2, -0.15) is 0 Å². The normalized spacial score (nSPS) is 13.7. The number of Topliss-reactive ketones (excluding diaryl/α,β-unsaturated/α-hetero) is 1. The molecule has 0 radical (unpaired) electrons. The number of methoxy groups -OCH3 is 1. The third kappa shape index (κ3) is 5.93. The lowest BCUT2D eigenvalue weighted by Gasteiger charge is -2.22. The number of ether oxygens (including phenoxy) is 1. The molecule has 0 aliphatic heterocycles. The van der Waals surface area contributed by atoms with Gasteiger partial charge in [0.2, 0.25) is 11.7 Å². The van der Waals surface area contributed by atoms with Crippen LogP contribution in [0.1, 0.15) is 22.7 Å². The van der Waals surface area contributed by atoms with Crippen LogP contribution in [0.2, 0.25) is 0 Å². The Kier molecular flexibility index (Phi) is 7.09. The smallest absolute Gasteiger partial charge is 0.266 e. The Morgan fingerprint density at radius 1 is 1.16 bits per heavy atom. The number of hydrogen-bond donors (Lipinski definition) is 2. The van der Waals surface area contributed by atoms with E-state index in [1.807, 2.05) is 0 Å². The molecule has 3 rings (SSSR count). The summed E-state index contributed by atoms with van der Waals surface area (Å²) in [5.41, 5.74) is 7.04. The summed E-state index contributed by atoms with van der Waals surface area (Å²) in [5, 5.41) is 2.37. The molecular formula is C22H23F2N3O4. The van der Waals surface area contributed by atoms with Crippen LogP contribution in [0, 0.1) is 0 Å². The summed E-state index contributed by atoms with van der Waals surface area (Å²) in [6.45, 7) is -0.198. The number of para-hydroxylation sites is 2. The average Bonchev–Trinajstić information content (AvgIpc) is 3.17. The Hall–Kier alpha value is -3.17. The molecule has 2 unspecified atom stereocenters. The molecule has 3 aromatic rings. The van der Waals surface area contributed by atoms with Crippen molar-refractivity contribution in [3.63, 3.8) is 0 Å². The van der Waals surface area contributed by atoms with Gasteiger partial charge in [-0.15, -0.1) is 0 Å². The second-order valence-electron chi connectivity index (χ2n) is 7.20. The Morgan fingerprint density at radius 3 is 2.52 bits per heavy atom. The summed E-state index contributed by atoms with van der Waals surface area (Å²) in [6.07, 6.45) is -1.41. The number of amides is 1. The zero-order chi connectivity index (χ0) is 22.4. The monoisotopic (exact) mass is 431 g/mol. The molecule has 7 nitrogen and oxygen atoms in total. The maximum atomic E-state index is 14.4. The molecule has 31 heavy (non-hydrogen) atoms. The molecular weight excluding hydrogens is 408 g/mol. The number of halogens is 2. The third-order valence-electron chi connectivity index (χ3n) is 4.63. The van der Waals surface area contributed by atoms with Gasteiger partial charge in [0.05, 0.1) is 12.6 Å². The topological polar surface area (TPSA) is 107 Å². The molecule has 1 heterocycles. The molecule has 3 N–H and O–H groups in total. The molecule has 9 heteroatoms. The highest BCUT2D eigenvalue weighted by Gasteiger charge is 2.36. The SMILES string of the molecule is COCC(NC(=O)C(N)CC(F)(F)Cc1ccccc1)C(=O)c1nc2ccccc2o1. The fourth-order valence-electron chi connectivity index (χ4n) is 3.14. The number of carbonyl (C=O) groups excluding carboxylic acids is 2. The fourth-order valence-corrected chi connectivity index (χ4v) is 3.14. The van der Waals surface area contributed by atoms with E-state index in [0.717, 1.165) is 0 Å². The van der Waals surface area contributed by atoms with Crippen LogP contribution in [0.5, 0.6) is 0 Å². The fraction of sp³-hybridized carbons (Fsp3) is 0.318. The molecule has 1 aromatic heterocycles. The minimum absolute atomic E-state index is 0.198. The van der Waals surface area contributed by atoms with Gasteiger partial charge in [-0.1, -0.05) is 42.5 Å². The van der Waals surface area contributed by atoms with Crippen LogP contribution in [-0.2, 0) is 16.0 Å². The molecule has 0 bridgehead atoms. The summed E-state index contributed by atoms with van der Waals surface area (Å²) in [6, 6.07) is 12.3. The molecule has 0 fully saturated rings. The van der Waals surface area contributed by atoms with Crippen molar-refractivity contribution in [2.75, 3.05) is 13.7 Å². The molecule has 2 atom stereocenters. The maximum absolute atomic E-state index is 14.4. The summed E-state index contributed by atoms with van der Waals surface area (Å²) < 4.78 is 39.2. The van der Waals surface area contributed by atoms with Crippen molar-refractivity contribution in [3.8, 4) is 0 Å². The van der Waals surface area contributed by atoms with E-state index < -0.39 is 42.5 Å². The number of hydrogen-bond acceptors (Lipinski definition) is 6. The maximum Gasteiger partial charge on any atom is 0.266 e. The van der Waals surface area contributed by atoms with Crippen LogP contribution in [0.25, 0.3) is 11.1 Å². The summed E-state index contributed by atoms with van der Waals surface area (Å²) in [7, 11) is 1.34. The van der Waals surface area contributed by atoms with E-state index in [-0.39, 0.29) is 12.5 Å². The second-order valence-corrected chi connectivity index (χ2v) is 7.20. The van der Waals surface area contributed by atoms with Crippen molar-refractivity contribution in [2.45, 2.75) is 30.8 Å². The van der Waals surface area contributed by atoms with Crippen molar-refractivity contribution >= 4 is 22.8 Å². The molecule has 0 saturated carbocycles. The van der Waals surface area contributed by atoms with Crippen molar-refractivity contribution < 1.29 is 27.5 Å². The Labute approximate surface area is 177 Å². The number of alkyl halides is 2. The quantitative estimate of drug-likeness (QED) is 0.478. The first-order valence-corrected chi connectivity index (χ1v) is 9.65. The van der Waals surface area contributed by atoms with E-state index in [4.69, 9.17) is 14.9 Å². The third-order valence-corrected chi connectivity index (χ3v) is 4.63. The molecule has 0 aliphatic carbocycles. The van der Waals surface area contributed by atoms with E-state index in [0.29, 0.717) is 16.7 Å². The summed E-state index contributed by atoms with van der Waals surface area (Å²) >= 11 is 0. The number of nitrogens with two attached hydrogens (primary N) is 1. The second kappa shape index (κ2) is 9.76. The Bertz CT molecular complexity index is 1010. The largest absolute Gasteiger partial charge is 0.434 e. The van der Waals surface area contributed by atoms with Gasteiger partial charge in [-0.3, -0.25) is 9.59 Å². The van der Waals surface area contributed by atoms with Gasteiger partial charge < -0.3 is 20.2 Å². The molecule has 0 aliphatic rings. The molecule has 1 amide bonds. The number of aromatic nitrogens is 1. The van der Waals surface area contributed by atoms with Crippen LogP contribution in [0.15, 0.2) is 59.0 Å². The predicted octanol–water partition coefficient (Wildman–Crippen LogP) is 2.74. The van der Waals surface area contributed by atoms with Crippen molar-refractivity contribution in [2.24, 2.45) is 5.73 Å². The lowest BCUT2D eigenvalue weighted by molar-refractivity contribution is -0.125. The van der Waals surface area contributed by atoms with Crippen molar-refractivity contribution in [1.82, 2.24) is 10.3 Å². The minimum atomic E-state index is -3.20. The van der Waals surface area contributed by atoms with E-state index in [2.05, 4.69) is 10.3 Å². The summed E-state index contributed by atoms with van der Waals surface area (Å²) in [5.74, 6) is -4.94. The highest BCUT2D eigenvalue weighted by atomic mass is 19.3. The number of nitrogens with zero attached hydrogens (tertiary/aromatic N) is 1. The molecule has 0 spiro atoms. The Morgan fingerprint density at radius 2 is 1.84 bits per heavy atom. The van der Waals surface area contributed by atoms with Gasteiger partial charge >= 0.3 is 0 Å². The van der Waals surface area contributed by atoms with Gasteiger partial charge in [0, 0.05) is 20.0 Å². The molecule has 0 saturated heterocycles. The first kappa shape index (κ1) is 22.5. The number of benzene rings is 2. The average molecular weight is 431 g/mol. The number of ketones is 1. The van der Waals surface area contributed by atoms with E-state index >= 15 is 0 Å². The number of oxazole rings is 1. The van der Waals surface area contributed by atoms with E-state index in [1.165, 1.54) is 7.11 Å². The highest BCUT2D eigenvalue weighted by molar-refractivity contribution is 6.00. The molecule has 2 aromatic carbocycles. The van der Waals surface area contributed by atoms with Gasteiger partial charge in [0.15, 0.2) is 5.58 Å². The van der Waals surface area contributed by atoms with Crippen molar-refractivity contribution in [3.05, 3.63) is 66.1 Å².